The van der Waals surface area contributed by atoms with Gasteiger partial charge < -0.3 is 14.8 Å². The number of hydrogen-bond acceptors (Lipinski definition) is 5. The number of aryl methyl sites for hydroxylation is 1. The lowest BCUT2D eigenvalue weighted by Crippen LogP contribution is -2.21. The normalized spacial score (nSPS) is 10.6. The summed E-state index contributed by atoms with van der Waals surface area (Å²) in [7, 11) is 1.55. The molecule has 2 rings (SSSR count). The number of carbonyl (C=O) groups excluding carboxylic acids is 2. The molecule has 0 fully saturated rings. The molecule has 26 heavy (non-hydrogen) atoms. The number of hydrogen-bond donors (Lipinski definition) is 1. The Hall–Kier alpha value is -2.57. The highest BCUT2D eigenvalue weighted by Gasteiger charge is 2.11. The molecular formula is C18H16Cl2N2O4. The third kappa shape index (κ3) is 5.75. The minimum absolute atomic E-state index is 0.154. The number of rotatable bonds is 6. The van der Waals surface area contributed by atoms with Crippen LogP contribution in [0.25, 0.3) is 6.08 Å². The molecule has 1 aromatic carbocycles. The monoisotopic (exact) mass is 394 g/mol. The molecule has 8 heteroatoms. The van der Waals surface area contributed by atoms with Crippen molar-refractivity contribution in [3.63, 3.8) is 0 Å². The maximum Gasteiger partial charge on any atom is 0.331 e. The van der Waals surface area contributed by atoms with Crippen LogP contribution in [0.1, 0.15) is 11.3 Å². The molecule has 0 bridgehead atoms. The number of amides is 1. The predicted octanol–water partition coefficient (Wildman–Crippen LogP) is 3.90. The van der Waals surface area contributed by atoms with Gasteiger partial charge in [-0.15, -0.1) is 0 Å². The van der Waals surface area contributed by atoms with Crippen molar-refractivity contribution >= 4 is 47.0 Å². The predicted molar refractivity (Wildman–Crippen MR) is 101 cm³/mol. The van der Waals surface area contributed by atoms with Crippen LogP contribution in [0.3, 0.4) is 0 Å². The largest absolute Gasteiger partial charge is 0.497 e. The average Bonchev–Trinajstić information content (AvgIpc) is 2.63. The summed E-state index contributed by atoms with van der Waals surface area (Å²) in [5.41, 5.74) is 1.28. The second-order valence-electron chi connectivity index (χ2n) is 5.15. The smallest absolute Gasteiger partial charge is 0.331 e. The maximum atomic E-state index is 11.9. The van der Waals surface area contributed by atoms with Gasteiger partial charge in [0, 0.05) is 6.08 Å². The fraction of sp³-hybridized carbons (Fsp3) is 0.167. The number of esters is 1. The Morgan fingerprint density at radius 2 is 2.00 bits per heavy atom. The average molecular weight is 395 g/mol. The molecule has 0 unspecified atom stereocenters. The highest BCUT2D eigenvalue weighted by atomic mass is 35.5. The van der Waals surface area contributed by atoms with E-state index >= 15 is 0 Å². The molecule has 0 atom stereocenters. The highest BCUT2D eigenvalue weighted by molar-refractivity contribution is 6.36. The second kappa shape index (κ2) is 9.22. The summed E-state index contributed by atoms with van der Waals surface area (Å²) in [6, 6.07) is 8.62. The Morgan fingerprint density at radius 3 is 2.73 bits per heavy atom. The van der Waals surface area contributed by atoms with Gasteiger partial charge in [0.05, 0.1) is 22.8 Å². The van der Waals surface area contributed by atoms with Gasteiger partial charge in [-0.3, -0.25) is 4.79 Å². The Morgan fingerprint density at radius 1 is 1.23 bits per heavy atom. The molecule has 136 valence electrons. The molecule has 0 spiro atoms. The van der Waals surface area contributed by atoms with Crippen molar-refractivity contribution in [3.8, 4) is 5.75 Å². The Balaban J connectivity index is 1.87. The summed E-state index contributed by atoms with van der Waals surface area (Å²) in [6.45, 7) is 1.21. The zero-order chi connectivity index (χ0) is 19.1. The van der Waals surface area contributed by atoms with Gasteiger partial charge in [0.2, 0.25) is 0 Å². The summed E-state index contributed by atoms with van der Waals surface area (Å²) in [5, 5.41) is 3.05. The summed E-state index contributed by atoms with van der Waals surface area (Å²) in [6.07, 6.45) is 2.78. The molecule has 2 aromatic rings. The lowest BCUT2D eigenvalue weighted by molar-refractivity contribution is -0.142. The molecule has 0 saturated heterocycles. The van der Waals surface area contributed by atoms with E-state index in [1.54, 1.807) is 44.4 Å². The number of methoxy groups -OCH3 is 1. The van der Waals surface area contributed by atoms with Crippen molar-refractivity contribution in [2.45, 2.75) is 6.92 Å². The van der Waals surface area contributed by atoms with Crippen LogP contribution in [0, 0.1) is 6.92 Å². The minimum Gasteiger partial charge on any atom is -0.497 e. The first kappa shape index (κ1) is 19.8. The maximum absolute atomic E-state index is 11.9. The fourth-order valence-corrected chi connectivity index (χ4v) is 2.31. The quantitative estimate of drug-likeness (QED) is 0.593. The van der Waals surface area contributed by atoms with Gasteiger partial charge in [-0.2, -0.15) is 0 Å². The first-order valence-corrected chi connectivity index (χ1v) is 8.26. The fourth-order valence-electron chi connectivity index (χ4n) is 1.91. The Bertz CT molecular complexity index is 853. The molecule has 1 amide bonds. The van der Waals surface area contributed by atoms with Crippen LogP contribution in [-0.4, -0.2) is 30.6 Å². The van der Waals surface area contributed by atoms with Gasteiger partial charge in [-0.25, -0.2) is 9.78 Å². The molecule has 0 radical (unpaired) electrons. The van der Waals surface area contributed by atoms with Gasteiger partial charge in [0.1, 0.15) is 5.75 Å². The number of ether oxygens (including phenoxy) is 2. The number of nitrogens with zero attached hydrogens (tertiary/aromatic N) is 1. The lowest BCUT2D eigenvalue weighted by Gasteiger charge is -2.08. The molecule has 6 nitrogen and oxygen atoms in total. The number of nitrogens with one attached hydrogen (secondary N) is 1. The Labute approximate surface area is 160 Å². The van der Waals surface area contributed by atoms with E-state index in [2.05, 4.69) is 10.3 Å². The van der Waals surface area contributed by atoms with Crippen LogP contribution in [0.2, 0.25) is 10.0 Å². The van der Waals surface area contributed by atoms with Gasteiger partial charge in [0.25, 0.3) is 5.91 Å². The van der Waals surface area contributed by atoms with Crippen LogP contribution in [0.5, 0.6) is 5.75 Å². The van der Waals surface area contributed by atoms with Gasteiger partial charge in [-0.1, -0.05) is 35.3 Å². The van der Waals surface area contributed by atoms with E-state index in [1.165, 1.54) is 12.1 Å². The zero-order valence-electron chi connectivity index (χ0n) is 14.1. The van der Waals surface area contributed by atoms with Gasteiger partial charge in [-0.05, 0) is 36.8 Å². The number of halogens is 2. The molecule has 0 aliphatic carbocycles. The Kier molecular flexibility index (Phi) is 7.00. The molecule has 0 aliphatic rings. The first-order valence-electron chi connectivity index (χ1n) is 7.50. The molecule has 0 saturated carbocycles. The summed E-state index contributed by atoms with van der Waals surface area (Å²) in [4.78, 5) is 27.6. The van der Waals surface area contributed by atoms with E-state index in [0.29, 0.717) is 16.5 Å². The van der Waals surface area contributed by atoms with Crippen LogP contribution < -0.4 is 10.1 Å². The second-order valence-corrected chi connectivity index (χ2v) is 5.97. The molecule has 1 N–H and O–H groups in total. The number of pyridine rings is 1. The van der Waals surface area contributed by atoms with E-state index in [-0.39, 0.29) is 10.8 Å². The lowest BCUT2D eigenvalue weighted by atomic mass is 10.2. The number of aromatic nitrogens is 1. The molecular weight excluding hydrogens is 379 g/mol. The standard InChI is InChI=1S/C18H16Cl2N2O4/c1-11-14(19)9-15(20)18(21-11)22-16(23)10-26-17(24)7-6-12-4-3-5-13(8-12)25-2/h3-9H,10H2,1-2H3,(H,21,22,23)/b7-6+. The molecule has 0 aliphatic heterocycles. The van der Waals surface area contributed by atoms with Crippen LogP contribution in [-0.2, 0) is 14.3 Å². The third-order valence-corrected chi connectivity index (χ3v) is 3.88. The molecule has 1 heterocycles. The molecule has 1 aromatic heterocycles. The topological polar surface area (TPSA) is 77.5 Å². The van der Waals surface area contributed by atoms with E-state index in [0.717, 1.165) is 5.56 Å². The summed E-state index contributed by atoms with van der Waals surface area (Å²) >= 11 is 11.8. The summed E-state index contributed by atoms with van der Waals surface area (Å²) in [5.74, 6) is -0.400. The number of benzene rings is 1. The first-order chi connectivity index (χ1) is 12.4. The van der Waals surface area contributed by atoms with Crippen molar-refractivity contribution in [2.75, 3.05) is 19.0 Å². The van der Waals surface area contributed by atoms with Crippen LogP contribution in [0.4, 0.5) is 5.82 Å². The van der Waals surface area contributed by atoms with Gasteiger partial charge in [0.15, 0.2) is 12.4 Å². The van der Waals surface area contributed by atoms with Crippen molar-refractivity contribution < 1.29 is 19.1 Å². The van der Waals surface area contributed by atoms with Crippen molar-refractivity contribution in [2.24, 2.45) is 0 Å². The highest BCUT2D eigenvalue weighted by Crippen LogP contribution is 2.25. The summed E-state index contributed by atoms with van der Waals surface area (Å²) < 4.78 is 9.98. The van der Waals surface area contributed by atoms with Crippen LogP contribution in [0.15, 0.2) is 36.4 Å². The van der Waals surface area contributed by atoms with Crippen molar-refractivity contribution in [1.82, 2.24) is 4.98 Å². The minimum atomic E-state index is -0.658. The zero-order valence-corrected chi connectivity index (χ0v) is 15.6. The van der Waals surface area contributed by atoms with Crippen molar-refractivity contribution in [3.05, 3.63) is 57.7 Å². The van der Waals surface area contributed by atoms with Gasteiger partial charge >= 0.3 is 5.97 Å². The van der Waals surface area contributed by atoms with Crippen molar-refractivity contribution in [1.29, 1.82) is 0 Å². The number of carbonyl (C=O) groups is 2. The van der Waals surface area contributed by atoms with Crippen LogP contribution >= 0.6 is 23.2 Å². The SMILES string of the molecule is COc1cccc(/C=C/C(=O)OCC(=O)Nc2nc(C)c(Cl)cc2Cl)c1. The van der Waals surface area contributed by atoms with E-state index in [9.17, 15) is 9.59 Å². The van der Waals surface area contributed by atoms with E-state index < -0.39 is 18.5 Å². The third-order valence-electron chi connectivity index (χ3n) is 3.21. The van der Waals surface area contributed by atoms with E-state index in [1.807, 2.05) is 0 Å². The van der Waals surface area contributed by atoms with E-state index in [4.69, 9.17) is 32.7 Å². The number of anilines is 1.